The van der Waals surface area contributed by atoms with Crippen molar-refractivity contribution in [1.82, 2.24) is 0 Å². The van der Waals surface area contributed by atoms with Crippen LogP contribution in [0.4, 0.5) is 0 Å². The molecule has 0 unspecified atom stereocenters. The van der Waals surface area contributed by atoms with Crippen LogP contribution < -0.4 is 0 Å². The summed E-state index contributed by atoms with van der Waals surface area (Å²) < 4.78 is 8.34. The van der Waals surface area contributed by atoms with E-state index in [2.05, 4.69) is 6.42 Å². The molecular formula is C6H11OSn. The summed E-state index contributed by atoms with van der Waals surface area (Å²) in [5.41, 5.74) is 0. The Morgan fingerprint density at radius 3 is 1.62 bits per heavy atom. The molecule has 8 heavy (non-hydrogen) atoms. The standard InChI is InChI=1S/C6H11.O.Sn/c1-2-4-6-5-3-1;;/h1H,2-6H2;;. The predicted octanol–water partition coefficient (Wildman–Crippen LogP) is 1.66. The van der Waals surface area contributed by atoms with Crippen molar-refractivity contribution < 1.29 is 3.08 Å². The molecule has 0 amide bonds. The van der Waals surface area contributed by atoms with Crippen LogP contribution in [-0.4, -0.2) is 22.5 Å². The summed E-state index contributed by atoms with van der Waals surface area (Å²) in [6, 6.07) is 0. The first-order valence-corrected chi connectivity index (χ1v) is 4.19. The van der Waals surface area contributed by atoms with Gasteiger partial charge in [-0.05, 0) is 6.42 Å². The van der Waals surface area contributed by atoms with Gasteiger partial charge in [-0.25, -0.2) is 0 Å². The quantitative estimate of drug-likeness (QED) is 0.565. The Hall–Kier alpha value is 0.599. The molecular weight excluding hydrogens is 207 g/mol. The first-order valence-electron chi connectivity index (χ1n) is 3.02. The third-order valence-electron chi connectivity index (χ3n) is 1.32. The second-order valence-corrected chi connectivity index (χ2v) is 1.93. The monoisotopic (exact) mass is 219 g/mol. The molecule has 2 heteroatoms. The second-order valence-electron chi connectivity index (χ2n) is 1.93. The van der Waals surface area contributed by atoms with Gasteiger partial charge >= 0.3 is 25.6 Å². The van der Waals surface area contributed by atoms with Crippen LogP contribution >= 0.6 is 0 Å². The van der Waals surface area contributed by atoms with Crippen LogP contribution in [0.25, 0.3) is 0 Å². The number of hydrogen-bond acceptors (Lipinski definition) is 1. The van der Waals surface area contributed by atoms with E-state index in [9.17, 15) is 0 Å². The van der Waals surface area contributed by atoms with Crippen LogP contribution in [-0.2, 0) is 3.08 Å². The molecule has 0 aliphatic heterocycles. The van der Waals surface area contributed by atoms with Gasteiger partial charge in [0.05, 0.1) is 0 Å². The molecule has 1 aliphatic rings. The summed E-state index contributed by atoms with van der Waals surface area (Å²) in [6.07, 6.45) is 9.50. The van der Waals surface area contributed by atoms with Crippen molar-refractivity contribution in [2.24, 2.45) is 0 Å². The van der Waals surface area contributed by atoms with Crippen molar-refractivity contribution in [2.75, 3.05) is 0 Å². The molecule has 1 nitrogen and oxygen atoms in total. The maximum atomic E-state index is 8.34. The van der Waals surface area contributed by atoms with Crippen LogP contribution in [0.2, 0.25) is 0 Å². The van der Waals surface area contributed by atoms with Gasteiger partial charge in [-0.3, -0.25) is 0 Å². The van der Waals surface area contributed by atoms with E-state index in [0.717, 1.165) is 0 Å². The molecule has 0 saturated heterocycles. The van der Waals surface area contributed by atoms with E-state index < -0.39 is 0 Å². The average Bonchev–Trinajstić information content (AvgIpc) is 1.96. The molecule has 45 valence electrons. The Bertz CT molecular complexity index is 32.3. The fraction of sp³-hybridized carbons (Fsp3) is 0.833. The Morgan fingerprint density at radius 1 is 1.00 bits per heavy atom. The predicted molar refractivity (Wildman–Crippen MR) is 33.8 cm³/mol. The van der Waals surface area contributed by atoms with E-state index in [1.54, 1.807) is 0 Å². The minimum atomic E-state index is 0.300. The van der Waals surface area contributed by atoms with E-state index >= 15 is 0 Å². The molecule has 0 heterocycles. The van der Waals surface area contributed by atoms with Gasteiger partial charge in [0.2, 0.25) is 0 Å². The van der Waals surface area contributed by atoms with Crippen molar-refractivity contribution in [3.05, 3.63) is 6.42 Å². The molecule has 0 aromatic carbocycles. The van der Waals surface area contributed by atoms with Gasteiger partial charge in [0, 0.05) is 0 Å². The van der Waals surface area contributed by atoms with Crippen molar-refractivity contribution in [3.63, 3.8) is 0 Å². The van der Waals surface area contributed by atoms with E-state index in [0.29, 0.717) is 22.5 Å². The Morgan fingerprint density at radius 2 is 1.50 bits per heavy atom. The molecule has 1 saturated carbocycles. The van der Waals surface area contributed by atoms with Gasteiger partial charge in [0.25, 0.3) is 0 Å². The molecule has 0 atom stereocenters. The first-order chi connectivity index (χ1) is 4.00. The van der Waals surface area contributed by atoms with Crippen LogP contribution in [0, 0.1) is 6.42 Å². The summed E-state index contributed by atoms with van der Waals surface area (Å²) in [5, 5.41) is 0. The molecule has 0 aromatic heterocycles. The van der Waals surface area contributed by atoms with Crippen LogP contribution in [0.15, 0.2) is 0 Å². The van der Waals surface area contributed by atoms with Gasteiger partial charge in [-0.15, -0.1) is 0 Å². The number of rotatable bonds is 0. The van der Waals surface area contributed by atoms with E-state index in [1.807, 2.05) is 0 Å². The van der Waals surface area contributed by atoms with Crippen molar-refractivity contribution in [2.45, 2.75) is 32.1 Å². The molecule has 0 spiro atoms. The van der Waals surface area contributed by atoms with Crippen molar-refractivity contribution in [3.8, 4) is 0 Å². The second kappa shape index (κ2) is 7.60. The molecule has 0 N–H and O–H groups in total. The normalized spacial score (nSPS) is 18.5. The Balaban J connectivity index is 0.000000222. The van der Waals surface area contributed by atoms with Gasteiger partial charge in [0.15, 0.2) is 0 Å². The van der Waals surface area contributed by atoms with Crippen molar-refractivity contribution >= 4 is 22.5 Å². The minimum absolute atomic E-state index is 0.300. The zero-order valence-electron chi connectivity index (χ0n) is 5.02. The zero-order valence-corrected chi connectivity index (χ0v) is 7.88. The van der Waals surface area contributed by atoms with Crippen LogP contribution in [0.3, 0.4) is 0 Å². The molecule has 0 aromatic rings. The fourth-order valence-corrected chi connectivity index (χ4v) is 0.898. The van der Waals surface area contributed by atoms with Gasteiger partial charge in [-0.2, -0.15) is 0 Å². The molecule has 1 aliphatic carbocycles. The van der Waals surface area contributed by atoms with Crippen LogP contribution in [0.1, 0.15) is 32.1 Å². The molecule has 1 rings (SSSR count). The zero-order chi connectivity index (χ0) is 6.24. The van der Waals surface area contributed by atoms with Gasteiger partial charge in [0.1, 0.15) is 0 Å². The third kappa shape index (κ3) is 4.75. The van der Waals surface area contributed by atoms with E-state index in [1.165, 1.54) is 32.1 Å². The summed E-state index contributed by atoms with van der Waals surface area (Å²) in [7, 11) is 0. The summed E-state index contributed by atoms with van der Waals surface area (Å²) in [4.78, 5) is 0. The number of hydrogen-bond donors (Lipinski definition) is 0. The van der Waals surface area contributed by atoms with E-state index in [4.69, 9.17) is 3.08 Å². The SMILES string of the molecule is [CH]1CCCCC1.[O]=[Sn]. The summed E-state index contributed by atoms with van der Waals surface area (Å²) in [5.74, 6) is 0. The molecule has 3 radical (unpaired) electrons. The van der Waals surface area contributed by atoms with E-state index in [-0.39, 0.29) is 0 Å². The van der Waals surface area contributed by atoms with Gasteiger partial charge in [-0.1, -0.05) is 32.1 Å². The Labute approximate surface area is 64.3 Å². The average molecular weight is 218 g/mol. The van der Waals surface area contributed by atoms with Crippen LogP contribution in [0.5, 0.6) is 0 Å². The van der Waals surface area contributed by atoms with Gasteiger partial charge < -0.3 is 0 Å². The topological polar surface area (TPSA) is 17.1 Å². The van der Waals surface area contributed by atoms with Crippen molar-refractivity contribution in [1.29, 1.82) is 0 Å². The fourth-order valence-electron chi connectivity index (χ4n) is 0.898. The molecule has 1 fully saturated rings. The summed E-state index contributed by atoms with van der Waals surface area (Å²) >= 11 is 0.300. The Kier molecular flexibility index (Phi) is 8.17. The third-order valence-corrected chi connectivity index (χ3v) is 1.32. The molecule has 0 bridgehead atoms. The first kappa shape index (κ1) is 8.60. The summed E-state index contributed by atoms with van der Waals surface area (Å²) in [6.45, 7) is 0. The maximum absolute atomic E-state index is 8.34.